The normalized spacial score (nSPS) is 10.8. The van der Waals surface area contributed by atoms with Gasteiger partial charge in [0.1, 0.15) is 12.2 Å². The minimum Gasteiger partial charge on any atom is -0.486 e. The zero-order valence-corrected chi connectivity index (χ0v) is 13.3. The summed E-state index contributed by atoms with van der Waals surface area (Å²) in [4.78, 5) is 21.7. The van der Waals surface area contributed by atoms with Crippen molar-refractivity contribution in [2.24, 2.45) is 0 Å². The lowest BCUT2D eigenvalue weighted by Crippen LogP contribution is -2.05. The summed E-state index contributed by atoms with van der Waals surface area (Å²) >= 11 is 0. The number of non-ortho nitro benzene ring substituents is 1. The van der Waals surface area contributed by atoms with E-state index in [4.69, 9.17) is 9.15 Å². The van der Waals surface area contributed by atoms with E-state index in [9.17, 15) is 19.3 Å². The number of hydrogen-bond acceptors (Lipinski definition) is 5. The van der Waals surface area contributed by atoms with E-state index < -0.39 is 16.4 Å². The van der Waals surface area contributed by atoms with Gasteiger partial charge in [-0.05, 0) is 24.1 Å². The molecule has 3 rings (SSSR count). The molecular formula is C18H14FNO5. The molecule has 0 saturated heterocycles. The van der Waals surface area contributed by atoms with Crippen LogP contribution >= 0.6 is 0 Å². The SMILES string of the molecule is CCc1ccc2c(COc3ccc([N+](=O)[O-])cc3F)cc(=O)oc2c1. The van der Waals surface area contributed by atoms with Gasteiger partial charge in [-0.2, -0.15) is 0 Å². The summed E-state index contributed by atoms with van der Waals surface area (Å²) in [5.74, 6) is -0.966. The van der Waals surface area contributed by atoms with Crippen molar-refractivity contribution in [2.75, 3.05) is 0 Å². The van der Waals surface area contributed by atoms with Gasteiger partial charge in [0.2, 0.25) is 0 Å². The number of nitrogens with zero attached hydrogens (tertiary/aromatic N) is 1. The molecule has 0 atom stereocenters. The van der Waals surface area contributed by atoms with E-state index >= 15 is 0 Å². The Morgan fingerprint density at radius 2 is 2.00 bits per heavy atom. The average Bonchev–Trinajstić information content (AvgIpc) is 2.59. The number of nitro groups is 1. The number of rotatable bonds is 5. The second kappa shape index (κ2) is 6.72. The molecule has 0 bridgehead atoms. The fourth-order valence-corrected chi connectivity index (χ4v) is 2.49. The van der Waals surface area contributed by atoms with Gasteiger partial charge in [-0.15, -0.1) is 0 Å². The molecule has 0 aliphatic carbocycles. The van der Waals surface area contributed by atoms with Gasteiger partial charge in [0, 0.05) is 23.1 Å². The summed E-state index contributed by atoms with van der Waals surface area (Å²) in [7, 11) is 0. The van der Waals surface area contributed by atoms with E-state index in [2.05, 4.69) is 0 Å². The molecule has 0 N–H and O–H groups in total. The number of fused-ring (bicyclic) bond motifs is 1. The number of nitro benzene ring substituents is 1. The summed E-state index contributed by atoms with van der Waals surface area (Å²) in [5.41, 5.74) is 1.13. The average molecular weight is 343 g/mol. The Bertz CT molecular complexity index is 1010. The molecule has 0 aliphatic rings. The van der Waals surface area contributed by atoms with Crippen LogP contribution in [0.5, 0.6) is 5.75 Å². The van der Waals surface area contributed by atoms with E-state index in [0.717, 1.165) is 24.1 Å². The van der Waals surface area contributed by atoms with Crippen LogP contribution in [0.1, 0.15) is 18.1 Å². The van der Waals surface area contributed by atoms with Crippen LogP contribution in [0.2, 0.25) is 0 Å². The Morgan fingerprint density at radius 1 is 1.20 bits per heavy atom. The minimum absolute atomic E-state index is 0.0672. The zero-order valence-electron chi connectivity index (χ0n) is 13.3. The molecule has 0 amide bonds. The molecule has 0 radical (unpaired) electrons. The van der Waals surface area contributed by atoms with E-state index in [1.807, 2.05) is 19.1 Å². The number of hydrogen-bond donors (Lipinski definition) is 0. The van der Waals surface area contributed by atoms with E-state index in [0.29, 0.717) is 16.5 Å². The highest BCUT2D eigenvalue weighted by Crippen LogP contribution is 2.25. The van der Waals surface area contributed by atoms with Crippen LogP contribution in [0.4, 0.5) is 10.1 Å². The number of benzene rings is 2. The van der Waals surface area contributed by atoms with Gasteiger partial charge in [0.15, 0.2) is 11.6 Å². The van der Waals surface area contributed by atoms with Crippen LogP contribution in [0.15, 0.2) is 51.7 Å². The van der Waals surface area contributed by atoms with Gasteiger partial charge in [-0.1, -0.05) is 19.1 Å². The highest BCUT2D eigenvalue weighted by atomic mass is 19.1. The van der Waals surface area contributed by atoms with Crippen molar-refractivity contribution < 1.29 is 18.5 Å². The number of aryl methyl sites for hydroxylation is 1. The molecule has 25 heavy (non-hydrogen) atoms. The lowest BCUT2D eigenvalue weighted by Gasteiger charge is -2.09. The first-order valence-electron chi connectivity index (χ1n) is 7.60. The van der Waals surface area contributed by atoms with Crippen LogP contribution in [-0.2, 0) is 13.0 Å². The lowest BCUT2D eigenvalue weighted by molar-refractivity contribution is -0.385. The van der Waals surface area contributed by atoms with Crippen LogP contribution in [0, 0.1) is 15.9 Å². The second-order valence-corrected chi connectivity index (χ2v) is 5.44. The minimum atomic E-state index is -0.838. The monoisotopic (exact) mass is 343 g/mol. The number of ether oxygens (including phenoxy) is 1. The molecule has 128 valence electrons. The summed E-state index contributed by atoms with van der Waals surface area (Å²) in [6.45, 7) is 1.92. The molecule has 0 saturated carbocycles. The Balaban J connectivity index is 1.91. The summed E-state index contributed by atoms with van der Waals surface area (Å²) in [6, 6.07) is 9.95. The maximum absolute atomic E-state index is 13.9. The van der Waals surface area contributed by atoms with Gasteiger partial charge in [-0.3, -0.25) is 10.1 Å². The molecule has 1 heterocycles. The molecular weight excluding hydrogens is 329 g/mol. The van der Waals surface area contributed by atoms with Crippen molar-refractivity contribution in [3.8, 4) is 5.75 Å². The lowest BCUT2D eigenvalue weighted by atomic mass is 10.1. The predicted molar refractivity (Wildman–Crippen MR) is 89.2 cm³/mol. The van der Waals surface area contributed by atoms with Crippen LogP contribution < -0.4 is 10.4 Å². The standard InChI is InChI=1S/C18H14FNO5/c1-2-11-3-5-14-12(8-18(21)25-17(14)7-11)10-24-16-6-4-13(20(22)23)9-15(16)19/h3-9H,2,10H2,1H3. The van der Waals surface area contributed by atoms with Gasteiger partial charge in [-0.25, -0.2) is 9.18 Å². The van der Waals surface area contributed by atoms with Crippen molar-refractivity contribution in [1.82, 2.24) is 0 Å². The Morgan fingerprint density at radius 3 is 2.68 bits per heavy atom. The van der Waals surface area contributed by atoms with E-state index in [-0.39, 0.29) is 18.0 Å². The first-order valence-corrected chi connectivity index (χ1v) is 7.60. The topological polar surface area (TPSA) is 82.6 Å². The van der Waals surface area contributed by atoms with Gasteiger partial charge in [0.05, 0.1) is 11.0 Å². The van der Waals surface area contributed by atoms with Crippen LogP contribution in [-0.4, -0.2) is 4.92 Å². The Kier molecular flexibility index (Phi) is 4.47. The van der Waals surface area contributed by atoms with E-state index in [1.54, 1.807) is 6.07 Å². The molecule has 0 unspecified atom stereocenters. The predicted octanol–water partition coefficient (Wildman–Crippen LogP) is 3.98. The maximum atomic E-state index is 13.9. The smallest absolute Gasteiger partial charge is 0.336 e. The first kappa shape index (κ1) is 16.6. The van der Waals surface area contributed by atoms with Gasteiger partial charge in [0.25, 0.3) is 5.69 Å². The largest absolute Gasteiger partial charge is 0.486 e. The molecule has 3 aromatic rings. The molecule has 7 heteroatoms. The Hall–Kier alpha value is -3.22. The zero-order chi connectivity index (χ0) is 18.0. The van der Waals surface area contributed by atoms with Crippen molar-refractivity contribution in [1.29, 1.82) is 0 Å². The van der Waals surface area contributed by atoms with Crippen molar-refractivity contribution >= 4 is 16.7 Å². The quantitative estimate of drug-likeness (QED) is 0.397. The second-order valence-electron chi connectivity index (χ2n) is 5.44. The van der Waals surface area contributed by atoms with Gasteiger partial charge < -0.3 is 9.15 Å². The third-order valence-electron chi connectivity index (χ3n) is 3.81. The van der Waals surface area contributed by atoms with Crippen LogP contribution in [0.3, 0.4) is 0 Å². The molecule has 0 aliphatic heterocycles. The summed E-state index contributed by atoms with van der Waals surface area (Å²) in [5, 5.41) is 11.3. The van der Waals surface area contributed by atoms with Crippen molar-refractivity contribution in [3.05, 3.63) is 79.9 Å². The first-order chi connectivity index (χ1) is 12.0. The molecule has 2 aromatic carbocycles. The Labute approximate surface area is 141 Å². The molecule has 0 fully saturated rings. The molecule has 6 nitrogen and oxygen atoms in total. The van der Waals surface area contributed by atoms with E-state index in [1.165, 1.54) is 12.1 Å². The molecule has 0 spiro atoms. The molecule has 1 aromatic heterocycles. The highest BCUT2D eigenvalue weighted by Gasteiger charge is 2.13. The van der Waals surface area contributed by atoms with Crippen molar-refractivity contribution in [2.45, 2.75) is 20.0 Å². The third-order valence-corrected chi connectivity index (χ3v) is 3.81. The van der Waals surface area contributed by atoms with Gasteiger partial charge >= 0.3 is 5.63 Å². The summed E-state index contributed by atoms with van der Waals surface area (Å²) < 4.78 is 24.5. The van der Waals surface area contributed by atoms with Crippen molar-refractivity contribution in [3.63, 3.8) is 0 Å². The fourth-order valence-electron chi connectivity index (χ4n) is 2.49. The third kappa shape index (κ3) is 3.50. The summed E-state index contributed by atoms with van der Waals surface area (Å²) in [6.07, 6.45) is 0.800. The maximum Gasteiger partial charge on any atom is 0.336 e. The number of halogens is 1. The van der Waals surface area contributed by atoms with Crippen LogP contribution in [0.25, 0.3) is 11.0 Å². The fraction of sp³-hybridized carbons (Fsp3) is 0.167. The highest BCUT2D eigenvalue weighted by molar-refractivity contribution is 5.80.